The molecule has 6 rings (SSSR count). The van der Waals surface area contributed by atoms with Gasteiger partial charge in [0.05, 0.1) is 17.9 Å². The predicted molar refractivity (Wildman–Crippen MR) is 119 cm³/mol. The van der Waals surface area contributed by atoms with E-state index < -0.39 is 0 Å². The highest BCUT2D eigenvalue weighted by molar-refractivity contribution is 5.96. The van der Waals surface area contributed by atoms with Crippen LogP contribution in [-0.2, 0) is 16.1 Å². The van der Waals surface area contributed by atoms with Crippen molar-refractivity contribution in [3.05, 3.63) is 47.7 Å². The lowest BCUT2D eigenvalue weighted by atomic mass is 9.94. The van der Waals surface area contributed by atoms with Crippen molar-refractivity contribution in [2.45, 2.75) is 57.0 Å². The third-order valence-corrected chi connectivity index (χ3v) is 7.17. The molecule has 0 radical (unpaired) electrons. The van der Waals surface area contributed by atoms with Crippen LogP contribution < -0.4 is 0 Å². The Bertz CT molecular complexity index is 1170. The van der Waals surface area contributed by atoms with E-state index >= 15 is 0 Å². The standard InChI is InChI=1S/C25H28N4O2/c1-15-25(30)28(2)14-22-23(27-24(29(15)22)17-6-7-17)19-5-3-4-18-12-21(26-13-20(18)19)16-8-10-31-11-9-16/h3-5,12-13,15-17H,6-11,14H2,1-2H3/t15-/m0/s1. The Morgan fingerprint density at radius 1 is 1.10 bits per heavy atom. The van der Waals surface area contributed by atoms with Crippen LogP contribution in [0, 0.1) is 0 Å². The number of rotatable bonds is 3. The van der Waals surface area contributed by atoms with E-state index in [2.05, 4.69) is 28.8 Å². The number of fused-ring (bicyclic) bond motifs is 2. The zero-order valence-electron chi connectivity index (χ0n) is 18.2. The zero-order chi connectivity index (χ0) is 21.1. The quantitative estimate of drug-likeness (QED) is 0.635. The molecule has 3 aliphatic rings. The van der Waals surface area contributed by atoms with Gasteiger partial charge in [0.15, 0.2) is 0 Å². The summed E-state index contributed by atoms with van der Waals surface area (Å²) >= 11 is 0. The summed E-state index contributed by atoms with van der Waals surface area (Å²) in [7, 11) is 1.89. The van der Waals surface area contributed by atoms with E-state index in [4.69, 9.17) is 14.7 Å². The minimum Gasteiger partial charge on any atom is -0.381 e. The van der Waals surface area contributed by atoms with Gasteiger partial charge < -0.3 is 14.2 Å². The molecule has 1 saturated heterocycles. The molecule has 2 fully saturated rings. The largest absolute Gasteiger partial charge is 0.381 e. The summed E-state index contributed by atoms with van der Waals surface area (Å²) in [6.07, 6.45) is 6.43. The van der Waals surface area contributed by atoms with E-state index in [1.807, 2.05) is 25.1 Å². The van der Waals surface area contributed by atoms with Gasteiger partial charge in [0.1, 0.15) is 11.9 Å². The van der Waals surface area contributed by atoms with Crippen molar-refractivity contribution >= 4 is 16.7 Å². The fourth-order valence-electron chi connectivity index (χ4n) is 5.26. The molecule has 0 unspecified atom stereocenters. The third-order valence-electron chi connectivity index (χ3n) is 7.17. The molecule has 0 N–H and O–H groups in total. The molecule has 31 heavy (non-hydrogen) atoms. The molecule has 1 atom stereocenters. The topological polar surface area (TPSA) is 60.3 Å². The third kappa shape index (κ3) is 3.07. The van der Waals surface area contributed by atoms with Crippen molar-refractivity contribution in [3.8, 4) is 11.3 Å². The van der Waals surface area contributed by atoms with E-state index in [0.29, 0.717) is 18.4 Å². The van der Waals surface area contributed by atoms with Crippen LogP contribution in [0.15, 0.2) is 30.5 Å². The Labute approximate surface area is 182 Å². The lowest BCUT2D eigenvalue weighted by Gasteiger charge is -2.31. The molecular weight excluding hydrogens is 388 g/mol. The Kier molecular flexibility index (Phi) is 4.39. The monoisotopic (exact) mass is 416 g/mol. The Morgan fingerprint density at radius 3 is 2.68 bits per heavy atom. The Morgan fingerprint density at radius 2 is 1.90 bits per heavy atom. The van der Waals surface area contributed by atoms with E-state index in [-0.39, 0.29) is 11.9 Å². The smallest absolute Gasteiger partial charge is 0.245 e. The molecule has 1 amide bonds. The van der Waals surface area contributed by atoms with Gasteiger partial charge in [0.2, 0.25) is 5.91 Å². The number of aromatic nitrogens is 3. The average molecular weight is 417 g/mol. The number of carbonyl (C=O) groups is 1. The maximum Gasteiger partial charge on any atom is 0.245 e. The van der Waals surface area contributed by atoms with Gasteiger partial charge in [-0.15, -0.1) is 0 Å². The SMILES string of the molecule is C[C@H]1C(=O)N(C)Cc2c(-c3cccc4cc(C5CCOCC5)ncc34)nc(C3CC3)n21. The van der Waals surface area contributed by atoms with Crippen LogP contribution in [-0.4, -0.2) is 45.6 Å². The molecule has 0 spiro atoms. The summed E-state index contributed by atoms with van der Waals surface area (Å²) in [5.74, 6) is 2.21. The van der Waals surface area contributed by atoms with Crippen molar-refractivity contribution in [1.82, 2.24) is 19.4 Å². The fourth-order valence-corrected chi connectivity index (χ4v) is 5.26. The summed E-state index contributed by atoms with van der Waals surface area (Å²) in [6.45, 7) is 4.24. The van der Waals surface area contributed by atoms with Gasteiger partial charge >= 0.3 is 0 Å². The highest BCUT2D eigenvalue weighted by Gasteiger charge is 2.38. The molecule has 3 aromatic rings. The first kappa shape index (κ1) is 19.0. The first-order valence-corrected chi connectivity index (χ1v) is 11.4. The molecular formula is C25H28N4O2. The number of pyridine rings is 1. The minimum absolute atomic E-state index is 0.166. The second-order valence-electron chi connectivity index (χ2n) is 9.30. The van der Waals surface area contributed by atoms with E-state index in [9.17, 15) is 4.79 Å². The molecule has 0 bridgehead atoms. The molecule has 1 saturated carbocycles. The number of amides is 1. The fraction of sp³-hybridized carbons (Fsp3) is 0.480. The van der Waals surface area contributed by atoms with Gasteiger partial charge in [-0.3, -0.25) is 9.78 Å². The van der Waals surface area contributed by atoms with Gasteiger partial charge in [-0.2, -0.15) is 0 Å². The summed E-state index contributed by atoms with van der Waals surface area (Å²) in [4.78, 5) is 24.5. The molecule has 4 heterocycles. The van der Waals surface area contributed by atoms with Gasteiger partial charge in [-0.1, -0.05) is 18.2 Å². The molecule has 160 valence electrons. The summed E-state index contributed by atoms with van der Waals surface area (Å²) < 4.78 is 7.74. The minimum atomic E-state index is -0.196. The van der Waals surface area contributed by atoms with Crippen LogP contribution in [0.4, 0.5) is 0 Å². The highest BCUT2D eigenvalue weighted by atomic mass is 16.5. The van der Waals surface area contributed by atoms with Crippen LogP contribution in [0.3, 0.4) is 0 Å². The van der Waals surface area contributed by atoms with Crippen molar-refractivity contribution in [2.75, 3.05) is 20.3 Å². The normalized spacial score (nSPS) is 22.2. The molecule has 2 aromatic heterocycles. The van der Waals surface area contributed by atoms with E-state index in [1.54, 1.807) is 0 Å². The van der Waals surface area contributed by atoms with Gasteiger partial charge in [0, 0.05) is 54.9 Å². The summed E-state index contributed by atoms with van der Waals surface area (Å²) in [5, 5.41) is 2.34. The lowest BCUT2D eigenvalue weighted by Crippen LogP contribution is -2.39. The van der Waals surface area contributed by atoms with Crippen molar-refractivity contribution in [3.63, 3.8) is 0 Å². The maximum atomic E-state index is 12.7. The highest BCUT2D eigenvalue weighted by Crippen LogP contribution is 2.45. The van der Waals surface area contributed by atoms with Crippen LogP contribution >= 0.6 is 0 Å². The first-order valence-electron chi connectivity index (χ1n) is 11.4. The number of ether oxygens (including phenoxy) is 1. The van der Waals surface area contributed by atoms with Crippen LogP contribution in [0.5, 0.6) is 0 Å². The number of carbonyl (C=O) groups excluding carboxylic acids is 1. The zero-order valence-corrected chi connectivity index (χ0v) is 18.2. The molecule has 1 aliphatic carbocycles. The number of hydrogen-bond acceptors (Lipinski definition) is 4. The van der Waals surface area contributed by atoms with Crippen LogP contribution in [0.2, 0.25) is 0 Å². The van der Waals surface area contributed by atoms with Crippen molar-refractivity contribution in [2.24, 2.45) is 0 Å². The Balaban J connectivity index is 1.49. The molecule has 6 heteroatoms. The van der Waals surface area contributed by atoms with Gasteiger partial charge in [-0.25, -0.2) is 4.98 Å². The van der Waals surface area contributed by atoms with Gasteiger partial charge in [0.25, 0.3) is 0 Å². The predicted octanol–water partition coefficient (Wildman–Crippen LogP) is 4.40. The average Bonchev–Trinajstić information content (AvgIpc) is 3.58. The van der Waals surface area contributed by atoms with Crippen molar-refractivity contribution < 1.29 is 9.53 Å². The van der Waals surface area contributed by atoms with E-state index in [1.165, 1.54) is 5.39 Å². The second-order valence-corrected chi connectivity index (χ2v) is 9.30. The number of likely N-dealkylation sites (N-methyl/N-ethyl adjacent to an activating group) is 1. The molecule has 1 aromatic carbocycles. The number of nitrogens with zero attached hydrogens (tertiary/aromatic N) is 4. The van der Waals surface area contributed by atoms with Gasteiger partial charge in [-0.05, 0) is 44.1 Å². The molecule has 6 nitrogen and oxygen atoms in total. The summed E-state index contributed by atoms with van der Waals surface area (Å²) in [5.41, 5.74) is 4.45. The summed E-state index contributed by atoms with van der Waals surface area (Å²) in [6, 6.07) is 8.50. The number of hydrogen-bond donors (Lipinski definition) is 0. The number of imidazole rings is 1. The van der Waals surface area contributed by atoms with Crippen LogP contribution in [0.1, 0.15) is 67.7 Å². The first-order chi connectivity index (χ1) is 15.1. The maximum absolute atomic E-state index is 12.7. The molecule has 2 aliphatic heterocycles. The van der Waals surface area contributed by atoms with Crippen LogP contribution in [0.25, 0.3) is 22.0 Å². The lowest BCUT2D eigenvalue weighted by molar-refractivity contribution is -0.135. The van der Waals surface area contributed by atoms with E-state index in [0.717, 1.165) is 72.8 Å². The second kappa shape index (κ2) is 7.16. The number of benzene rings is 1. The van der Waals surface area contributed by atoms with Crippen molar-refractivity contribution in [1.29, 1.82) is 0 Å². The Hall–Kier alpha value is -2.73.